The SMILES string of the molecule is COc1cccc([C@@H](CF)N2CCNCC2)c1F.Cl. The zero-order chi connectivity index (χ0) is 13.0. The molecule has 0 saturated carbocycles. The molecule has 1 aromatic rings. The lowest BCUT2D eigenvalue weighted by atomic mass is 10.0. The molecule has 1 saturated heterocycles. The van der Waals surface area contributed by atoms with Crippen LogP contribution in [0.1, 0.15) is 11.6 Å². The van der Waals surface area contributed by atoms with Crippen LogP contribution >= 0.6 is 12.4 Å². The van der Waals surface area contributed by atoms with E-state index in [1.54, 1.807) is 18.2 Å². The summed E-state index contributed by atoms with van der Waals surface area (Å²) in [5.41, 5.74) is 0.374. The maximum absolute atomic E-state index is 14.1. The van der Waals surface area contributed by atoms with E-state index in [9.17, 15) is 8.78 Å². The van der Waals surface area contributed by atoms with Crippen molar-refractivity contribution < 1.29 is 13.5 Å². The maximum atomic E-state index is 14.1. The average molecular weight is 293 g/mol. The van der Waals surface area contributed by atoms with Gasteiger partial charge in [0, 0.05) is 31.7 Å². The molecule has 1 atom stereocenters. The summed E-state index contributed by atoms with van der Waals surface area (Å²) in [6.45, 7) is 2.48. The molecule has 1 fully saturated rings. The third-order valence-corrected chi connectivity index (χ3v) is 3.31. The van der Waals surface area contributed by atoms with Gasteiger partial charge in [0.15, 0.2) is 11.6 Å². The number of methoxy groups -OCH3 is 1. The molecule has 0 amide bonds. The molecular weight excluding hydrogens is 274 g/mol. The van der Waals surface area contributed by atoms with Crippen LogP contribution < -0.4 is 10.1 Å². The monoisotopic (exact) mass is 292 g/mol. The smallest absolute Gasteiger partial charge is 0.169 e. The summed E-state index contributed by atoms with van der Waals surface area (Å²) in [4.78, 5) is 1.97. The molecule has 1 aromatic carbocycles. The van der Waals surface area contributed by atoms with Gasteiger partial charge in [-0.25, -0.2) is 8.78 Å². The highest BCUT2D eigenvalue weighted by Crippen LogP contribution is 2.29. The van der Waals surface area contributed by atoms with Gasteiger partial charge in [-0.15, -0.1) is 12.4 Å². The molecule has 19 heavy (non-hydrogen) atoms. The van der Waals surface area contributed by atoms with Gasteiger partial charge in [-0.2, -0.15) is 0 Å². The van der Waals surface area contributed by atoms with Crippen LogP contribution in [-0.4, -0.2) is 44.9 Å². The van der Waals surface area contributed by atoms with Crippen LogP contribution in [0.5, 0.6) is 5.75 Å². The quantitative estimate of drug-likeness (QED) is 0.920. The topological polar surface area (TPSA) is 24.5 Å². The summed E-state index contributed by atoms with van der Waals surface area (Å²) in [6, 6.07) is 4.35. The Kier molecular flexibility index (Phi) is 6.48. The van der Waals surface area contributed by atoms with Crippen molar-refractivity contribution in [3.8, 4) is 5.75 Å². The van der Waals surface area contributed by atoms with Gasteiger partial charge >= 0.3 is 0 Å². The van der Waals surface area contributed by atoms with Gasteiger partial charge in [0.05, 0.1) is 13.2 Å². The molecule has 0 unspecified atom stereocenters. The Morgan fingerprint density at radius 1 is 1.37 bits per heavy atom. The van der Waals surface area contributed by atoms with Gasteiger partial charge in [0.25, 0.3) is 0 Å². The Balaban J connectivity index is 0.00000180. The summed E-state index contributed by atoms with van der Waals surface area (Å²) >= 11 is 0. The highest BCUT2D eigenvalue weighted by atomic mass is 35.5. The van der Waals surface area contributed by atoms with Crippen LogP contribution in [0.4, 0.5) is 8.78 Å². The predicted octanol–water partition coefficient (Wildman–Crippen LogP) is 2.17. The fourth-order valence-electron chi connectivity index (χ4n) is 2.31. The van der Waals surface area contributed by atoms with Gasteiger partial charge < -0.3 is 10.1 Å². The standard InChI is InChI=1S/C13H18F2N2O.ClH/c1-18-12-4-2-3-10(13(12)15)11(9-14)17-7-5-16-6-8-17;/h2-4,11,16H,5-9H2,1H3;1H/t11-;/m1./s1. The zero-order valence-corrected chi connectivity index (χ0v) is 11.7. The molecule has 0 aromatic heterocycles. The lowest BCUT2D eigenvalue weighted by Gasteiger charge is -2.33. The van der Waals surface area contributed by atoms with Crippen molar-refractivity contribution in [1.29, 1.82) is 0 Å². The van der Waals surface area contributed by atoms with Crippen LogP contribution in [0.2, 0.25) is 0 Å². The molecule has 1 aliphatic rings. The van der Waals surface area contributed by atoms with E-state index in [2.05, 4.69) is 5.32 Å². The van der Waals surface area contributed by atoms with Gasteiger partial charge in [0.2, 0.25) is 0 Å². The molecule has 0 aliphatic carbocycles. The van der Waals surface area contributed by atoms with Crippen molar-refractivity contribution in [3.05, 3.63) is 29.6 Å². The third kappa shape index (κ3) is 3.55. The van der Waals surface area contributed by atoms with Gasteiger partial charge in [-0.1, -0.05) is 12.1 Å². The number of ether oxygens (including phenoxy) is 1. The first kappa shape index (κ1) is 16.1. The normalized spacial score (nSPS) is 17.6. The van der Waals surface area contributed by atoms with E-state index in [4.69, 9.17) is 4.74 Å². The predicted molar refractivity (Wildman–Crippen MR) is 73.4 cm³/mol. The van der Waals surface area contributed by atoms with E-state index >= 15 is 0 Å². The van der Waals surface area contributed by atoms with Gasteiger partial charge in [0.1, 0.15) is 6.67 Å². The fourth-order valence-corrected chi connectivity index (χ4v) is 2.31. The minimum absolute atomic E-state index is 0. The maximum Gasteiger partial charge on any atom is 0.169 e. The Bertz CT molecular complexity index is 400. The highest BCUT2D eigenvalue weighted by Gasteiger charge is 2.25. The summed E-state index contributed by atoms with van der Waals surface area (Å²) in [5.74, 6) is -0.290. The summed E-state index contributed by atoms with van der Waals surface area (Å²) in [6.07, 6.45) is 0. The largest absolute Gasteiger partial charge is 0.494 e. The van der Waals surface area contributed by atoms with Crippen LogP contribution in [-0.2, 0) is 0 Å². The molecule has 1 aliphatic heterocycles. The number of rotatable bonds is 4. The van der Waals surface area contributed by atoms with E-state index in [1.165, 1.54) is 7.11 Å². The molecular formula is C13H19ClF2N2O. The van der Waals surface area contributed by atoms with E-state index < -0.39 is 18.5 Å². The number of hydrogen-bond donors (Lipinski definition) is 1. The Hall–Kier alpha value is -0.910. The Morgan fingerprint density at radius 3 is 2.63 bits per heavy atom. The second-order valence-corrected chi connectivity index (χ2v) is 4.32. The van der Waals surface area contributed by atoms with E-state index in [-0.39, 0.29) is 18.2 Å². The van der Waals surface area contributed by atoms with E-state index in [1.807, 2.05) is 4.90 Å². The first-order valence-electron chi connectivity index (χ1n) is 6.11. The molecule has 6 heteroatoms. The van der Waals surface area contributed by atoms with Crippen molar-refractivity contribution in [2.75, 3.05) is 40.0 Å². The van der Waals surface area contributed by atoms with Crippen molar-refractivity contribution in [1.82, 2.24) is 10.2 Å². The minimum Gasteiger partial charge on any atom is -0.494 e. The van der Waals surface area contributed by atoms with Crippen molar-refractivity contribution in [2.24, 2.45) is 0 Å². The number of nitrogens with zero attached hydrogens (tertiary/aromatic N) is 1. The third-order valence-electron chi connectivity index (χ3n) is 3.31. The van der Waals surface area contributed by atoms with Crippen molar-refractivity contribution in [2.45, 2.75) is 6.04 Å². The van der Waals surface area contributed by atoms with Gasteiger partial charge in [-0.05, 0) is 6.07 Å². The number of alkyl halides is 1. The first-order valence-corrected chi connectivity index (χ1v) is 6.11. The molecule has 1 N–H and O–H groups in total. The molecule has 3 nitrogen and oxygen atoms in total. The zero-order valence-electron chi connectivity index (χ0n) is 10.9. The molecule has 0 bridgehead atoms. The van der Waals surface area contributed by atoms with Crippen LogP contribution in [0.3, 0.4) is 0 Å². The summed E-state index contributed by atoms with van der Waals surface area (Å²) < 4.78 is 32.3. The van der Waals surface area contributed by atoms with Crippen LogP contribution in [0, 0.1) is 5.82 Å². The van der Waals surface area contributed by atoms with E-state index in [0.29, 0.717) is 5.56 Å². The van der Waals surface area contributed by atoms with Gasteiger partial charge in [-0.3, -0.25) is 4.90 Å². The number of hydrogen-bond acceptors (Lipinski definition) is 3. The number of benzene rings is 1. The Morgan fingerprint density at radius 2 is 2.05 bits per heavy atom. The second-order valence-electron chi connectivity index (χ2n) is 4.32. The average Bonchev–Trinajstić information content (AvgIpc) is 2.43. The van der Waals surface area contributed by atoms with Crippen LogP contribution in [0.15, 0.2) is 18.2 Å². The lowest BCUT2D eigenvalue weighted by Crippen LogP contribution is -2.45. The molecule has 0 radical (unpaired) electrons. The second kappa shape index (κ2) is 7.62. The molecule has 2 rings (SSSR count). The van der Waals surface area contributed by atoms with Crippen molar-refractivity contribution >= 4 is 12.4 Å². The molecule has 0 spiro atoms. The van der Waals surface area contributed by atoms with Crippen molar-refractivity contribution in [3.63, 3.8) is 0 Å². The number of piperazine rings is 1. The summed E-state index contributed by atoms with van der Waals surface area (Å²) in [5, 5.41) is 3.20. The lowest BCUT2D eigenvalue weighted by molar-refractivity contribution is 0.144. The minimum atomic E-state index is -0.593. The molecule has 1 heterocycles. The highest BCUT2D eigenvalue weighted by molar-refractivity contribution is 5.85. The number of nitrogens with one attached hydrogen (secondary N) is 1. The number of halogens is 3. The first-order chi connectivity index (χ1) is 8.77. The summed E-state index contributed by atoms with van der Waals surface area (Å²) in [7, 11) is 1.41. The fraction of sp³-hybridized carbons (Fsp3) is 0.538. The Labute approximate surface area is 118 Å². The molecule has 108 valence electrons. The van der Waals surface area contributed by atoms with E-state index in [0.717, 1.165) is 26.2 Å². The van der Waals surface area contributed by atoms with Crippen LogP contribution in [0.25, 0.3) is 0 Å².